The van der Waals surface area contributed by atoms with Crippen LogP contribution in [0.3, 0.4) is 0 Å². The molecule has 0 unspecified atom stereocenters. The van der Waals surface area contributed by atoms with Gasteiger partial charge in [-0.1, -0.05) is 23.7 Å². The summed E-state index contributed by atoms with van der Waals surface area (Å²) in [5, 5.41) is 5.01. The molecule has 0 bridgehead atoms. The lowest BCUT2D eigenvalue weighted by Gasteiger charge is -2.11. The summed E-state index contributed by atoms with van der Waals surface area (Å²) in [6, 6.07) is 13.2. The second-order valence-electron chi connectivity index (χ2n) is 5.32. The van der Waals surface area contributed by atoms with Crippen LogP contribution >= 0.6 is 23.4 Å². The highest BCUT2D eigenvalue weighted by Crippen LogP contribution is 2.29. The normalized spacial score (nSPS) is 14.0. The van der Waals surface area contributed by atoms with Crippen LogP contribution in [0.2, 0.25) is 5.02 Å². The fourth-order valence-corrected chi connectivity index (χ4v) is 3.06. The van der Waals surface area contributed by atoms with Gasteiger partial charge in [-0.15, -0.1) is 5.10 Å². The molecule has 1 aliphatic heterocycles. The minimum Gasteiger partial charge on any atom is -0.378 e. The molecule has 5 nitrogen and oxygen atoms in total. The van der Waals surface area contributed by atoms with Crippen LogP contribution in [-0.2, 0) is 0 Å². The Morgan fingerprint density at radius 1 is 1.21 bits per heavy atom. The van der Waals surface area contributed by atoms with Crippen LogP contribution in [0.4, 0.5) is 5.69 Å². The van der Waals surface area contributed by atoms with Gasteiger partial charge in [0.05, 0.1) is 5.56 Å². The number of carbonyl (C=O) groups excluding carboxylic acids is 1. The summed E-state index contributed by atoms with van der Waals surface area (Å²) in [6.07, 6.45) is 1.72. The lowest BCUT2D eigenvalue weighted by Crippen LogP contribution is -2.17. The van der Waals surface area contributed by atoms with Crippen molar-refractivity contribution in [3.63, 3.8) is 0 Å². The van der Waals surface area contributed by atoms with Gasteiger partial charge in [-0.2, -0.15) is 0 Å². The highest BCUT2D eigenvalue weighted by atomic mass is 35.5. The van der Waals surface area contributed by atoms with Crippen LogP contribution in [0.25, 0.3) is 0 Å². The summed E-state index contributed by atoms with van der Waals surface area (Å²) in [5.74, 6) is -0.291. The number of thioether (sulfide) groups is 1. The highest BCUT2D eigenvalue weighted by molar-refractivity contribution is 8.14. The molecule has 0 fully saturated rings. The number of hydrazone groups is 1. The van der Waals surface area contributed by atoms with Gasteiger partial charge in [0.2, 0.25) is 5.17 Å². The maximum Gasteiger partial charge on any atom is 0.272 e. The van der Waals surface area contributed by atoms with Crippen molar-refractivity contribution in [3.05, 3.63) is 58.6 Å². The molecule has 0 aromatic heterocycles. The lowest BCUT2D eigenvalue weighted by molar-refractivity contribution is 0.0952. The minimum atomic E-state index is -0.291. The van der Waals surface area contributed by atoms with Crippen molar-refractivity contribution in [2.45, 2.75) is 4.90 Å². The number of hydrogen-bond acceptors (Lipinski definition) is 5. The quantitative estimate of drug-likeness (QED) is 0.834. The fourth-order valence-electron chi connectivity index (χ4n) is 2.09. The third-order valence-electron chi connectivity index (χ3n) is 3.37. The molecular weight excluding hydrogens is 344 g/mol. The van der Waals surface area contributed by atoms with E-state index < -0.39 is 0 Å². The monoisotopic (exact) mass is 358 g/mol. The van der Waals surface area contributed by atoms with E-state index in [2.05, 4.69) is 15.5 Å². The first-order valence-corrected chi connectivity index (χ1v) is 8.39. The standard InChI is InChI=1S/C17H15ClN4OS/c1-22(2)13-6-3-11(4-7-13)10-19-17-21-20-16(23)14-9-12(18)5-8-15(14)24-17/h3-10H,1-2H3,(H,20,23)/b19-10+. The molecule has 122 valence electrons. The molecule has 1 amide bonds. The fraction of sp³-hybridized carbons (Fsp3) is 0.118. The van der Waals surface area contributed by atoms with Crippen LogP contribution in [0, 0.1) is 0 Å². The molecule has 0 atom stereocenters. The Bertz CT molecular complexity index is 831. The van der Waals surface area contributed by atoms with Crippen molar-refractivity contribution in [1.29, 1.82) is 0 Å². The van der Waals surface area contributed by atoms with E-state index in [9.17, 15) is 4.79 Å². The predicted octanol–water partition coefficient (Wildman–Crippen LogP) is 3.63. The molecule has 1 aliphatic rings. The number of benzene rings is 2. The van der Waals surface area contributed by atoms with Gasteiger partial charge in [0, 0.05) is 35.9 Å². The van der Waals surface area contributed by atoms with Gasteiger partial charge in [0.1, 0.15) is 0 Å². The summed E-state index contributed by atoms with van der Waals surface area (Å²) < 4.78 is 0. The number of hydrogen-bond donors (Lipinski definition) is 1. The average Bonchev–Trinajstić information content (AvgIpc) is 2.73. The van der Waals surface area contributed by atoms with Gasteiger partial charge in [0.25, 0.3) is 5.91 Å². The zero-order valence-electron chi connectivity index (χ0n) is 13.2. The van der Waals surface area contributed by atoms with Crippen molar-refractivity contribution < 1.29 is 4.79 Å². The molecule has 24 heavy (non-hydrogen) atoms. The van der Waals surface area contributed by atoms with Crippen LogP contribution in [0.15, 0.2) is 57.5 Å². The summed E-state index contributed by atoms with van der Waals surface area (Å²) >= 11 is 7.27. The van der Waals surface area contributed by atoms with Gasteiger partial charge in [0.15, 0.2) is 0 Å². The zero-order valence-corrected chi connectivity index (χ0v) is 14.7. The number of halogens is 1. The number of amidine groups is 1. The second kappa shape index (κ2) is 7.07. The van der Waals surface area contributed by atoms with E-state index >= 15 is 0 Å². The third-order valence-corrected chi connectivity index (χ3v) is 4.56. The number of nitrogens with zero attached hydrogens (tertiary/aromatic N) is 3. The zero-order chi connectivity index (χ0) is 17.1. The predicted molar refractivity (Wildman–Crippen MR) is 101 cm³/mol. The average molecular weight is 359 g/mol. The number of rotatable bonds is 2. The molecule has 7 heteroatoms. The molecule has 0 saturated carbocycles. The van der Waals surface area contributed by atoms with Crippen LogP contribution in [0.5, 0.6) is 0 Å². The Balaban J connectivity index is 1.80. The Labute approximate surface area is 149 Å². The smallest absolute Gasteiger partial charge is 0.272 e. The maximum atomic E-state index is 12.0. The first kappa shape index (κ1) is 16.5. The Morgan fingerprint density at radius 3 is 2.67 bits per heavy atom. The molecule has 0 radical (unpaired) electrons. The maximum absolute atomic E-state index is 12.0. The van der Waals surface area contributed by atoms with Gasteiger partial charge in [-0.05, 0) is 47.7 Å². The number of aliphatic imine (C=N–C) groups is 1. The summed E-state index contributed by atoms with van der Waals surface area (Å²) in [5.41, 5.74) is 5.06. The van der Waals surface area contributed by atoms with Gasteiger partial charge >= 0.3 is 0 Å². The third kappa shape index (κ3) is 3.77. The minimum absolute atomic E-state index is 0.291. The molecule has 3 rings (SSSR count). The van der Waals surface area contributed by atoms with Crippen LogP contribution in [0.1, 0.15) is 15.9 Å². The van der Waals surface area contributed by atoms with Crippen molar-refractivity contribution >= 4 is 46.3 Å². The van der Waals surface area contributed by atoms with Crippen molar-refractivity contribution in [1.82, 2.24) is 5.43 Å². The largest absolute Gasteiger partial charge is 0.378 e. The van der Waals surface area contributed by atoms with E-state index in [-0.39, 0.29) is 5.91 Å². The molecule has 0 aliphatic carbocycles. The number of nitrogens with one attached hydrogen (secondary N) is 1. The number of fused-ring (bicyclic) bond motifs is 1. The molecule has 2 aromatic carbocycles. The summed E-state index contributed by atoms with van der Waals surface area (Å²) in [6.45, 7) is 0. The number of carbonyl (C=O) groups is 1. The van der Waals surface area contributed by atoms with Crippen molar-refractivity contribution in [2.24, 2.45) is 10.1 Å². The topological polar surface area (TPSA) is 57.1 Å². The first-order valence-electron chi connectivity index (χ1n) is 7.20. The number of anilines is 1. The van der Waals surface area contributed by atoms with Crippen LogP contribution in [-0.4, -0.2) is 31.4 Å². The molecule has 0 saturated heterocycles. The van der Waals surface area contributed by atoms with E-state index in [1.165, 1.54) is 11.8 Å². The van der Waals surface area contributed by atoms with E-state index in [1.54, 1.807) is 24.4 Å². The Morgan fingerprint density at radius 2 is 1.96 bits per heavy atom. The van der Waals surface area contributed by atoms with Gasteiger partial charge in [-0.3, -0.25) is 4.79 Å². The molecule has 2 aromatic rings. The SMILES string of the molecule is CN(C)c1ccc(/C=N/C2=NNC(=O)c3cc(Cl)ccc3S2)cc1. The van der Waals surface area contributed by atoms with Gasteiger partial charge in [-0.25, -0.2) is 10.4 Å². The van der Waals surface area contributed by atoms with Crippen LogP contribution < -0.4 is 10.3 Å². The lowest BCUT2D eigenvalue weighted by atomic mass is 10.2. The van der Waals surface area contributed by atoms with E-state index in [1.807, 2.05) is 43.3 Å². The van der Waals surface area contributed by atoms with Crippen molar-refractivity contribution in [3.8, 4) is 0 Å². The Hall–Kier alpha value is -2.31. The van der Waals surface area contributed by atoms with E-state index in [0.717, 1.165) is 16.1 Å². The summed E-state index contributed by atoms with van der Waals surface area (Å²) in [7, 11) is 3.98. The first-order chi connectivity index (χ1) is 11.5. The molecule has 0 spiro atoms. The van der Waals surface area contributed by atoms with Gasteiger partial charge < -0.3 is 4.90 Å². The summed E-state index contributed by atoms with van der Waals surface area (Å²) in [4.78, 5) is 19.2. The van der Waals surface area contributed by atoms with E-state index in [0.29, 0.717) is 15.8 Å². The Kier molecular flexibility index (Phi) is 4.87. The molecular formula is C17H15ClN4OS. The van der Waals surface area contributed by atoms with E-state index in [4.69, 9.17) is 11.6 Å². The molecule has 1 N–H and O–H groups in total. The molecule has 1 heterocycles. The highest BCUT2D eigenvalue weighted by Gasteiger charge is 2.18. The second-order valence-corrected chi connectivity index (χ2v) is 6.77. The number of amides is 1. The van der Waals surface area contributed by atoms with Crippen molar-refractivity contribution in [2.75, 3.05) is 19.0 Å².